The van der Waals surface area contributed by atoms with Crippen LogP contribution < -0.4 is 16.0 Å². The molecule has 0 unspecified atom stereocenters. The topological polar surface area (TPSA) is 89.0 Å². The highest BCUT2D eigenvalue weighted by atomic mass is 35.5. The second kappa shape index (κ2) is 6.26. The number of nitrogens with zero attached hydrogens (tertiary/aromatic N) is 1. The summed E-state index contributed by atoms with van der Waals surface area (Å²) in [5.74, 6) is -0.150. The standard InChI is InChI=1S/C12H18ClN5/c1-3-6-18(12(16)17-11(14)15)10-5-4-9(13)7-8(10)2/h4-5,7H,3,6H2,1-2H3,(H5,14,15,16,17). The SMILES string of the molecule is CCCN(C(=N)NC(=N)N)c1ccc(Cl)cc1C. The number of halogens is 1. The van der Waals surface area contributed by atoms with Crippen molar-refractivity contribution < 1.29 is 0 Å². The first-order chi connectivity index (χ1) is 8.45. The monoisotopic (exact) mass is 267 g/mol. The van der Waals surface area contributed by atoms with Gasteiger partial charge in [-0.25, -0.2) is 0 Å². The largest absolute Gasteiger partial charge is 0.370 e. The number of rotatable bonds is 3. The van der Waals surface area contributed by atoms with Gasteiger partial charge in [0.1, 0.15) is 0 Å². The number of anilines is 1. The number of benzene rings is 1. The smallest absolute Gasteiger partial charge is 0.202 e. The third-order valence-corrected chi connectivity index (χ3v) is 2.65. The molecule has 0 aliphatic rings. The predicted molar refractivity (Wildman–Crippen MR) is 76.6 cm³/mol. The van der Waals surface area contributed by atoms with Gasteiger partial charge in [0.25, 0.3) is 0 Å². The van der Waals surface area contributed by atoms with E-state index < -0.39 is 0 Å². The zero-order valence-corrected chi connectivity index (χ0v) is 11.3. The molecule has 18 heavy (non-hydrogen) atoms. The summed E-state index contributed by atoms with van der Waals surface area (Å²) >= 11 is 5.92. The molecule has 0 amide bonds. The number of nitrogens with two attached hydrogens (primary N) is 1. The molecule has 1 aromatic rings. The van der Waals surface area contributed by atoms with Crippen molar-refractivity contribution in [1.82, 2.24) is 5.32 Å². The van der Waals surface area contributed by atoms with Crippen LogP contribution in [0.15, 0.2) is 18.2 Å². The minimum atomic E-state index is -0.243. The first-order valence-electron chi connectivity index (χ1n) is 5.69. The van der Waals surface area contributed by atoms with Crippen LogP contribution >= 0.6 is 11.6 Å². The van der Waals surface area contributed by atoms with E-state index >= 15 is 0 Å². The third-order valence-electron chi connectivity index (χ3n) is 2.42. The molecule has 0 aliphatic heterocycles. The molecule has 0 radical (unpaired) electrons. The van der Waals surface area contributed by atoms with Gasteiger partial charge in [0.05, 0.1) is 0 Å². The Balaban J connectivity index is 3.03. The number of hydrogen-bond donors (Lipinski definition) is 4. The van der Waals surface area contributed by atoms with Crippen LogP contribution in [0.25, 0.3) is 0 Å². The normalized spacial score (nSPS) is 9.94. The van der Waals surface area contributed by atoms with Gasteiger partial charge in [-0.2, -0.15) is 0 Å². The molecule has 0 bridgehead atoms. The fourth-order valence-corrected chi connectivity index (χ4v) is 1.92. The first kappa shape index (κ1) is 14.3. The van der Waals surface area contributed by atoms with Gasteiger partial charge in [-0.1, -0.05) is 18.5 Å². The zero-order chi connectivity index (χ0) is 13.7. The Morgan fingerprint density at radius 1 is 1.44 bits per heavy atom. The average Bonchev–Trinajstić information content (AvgIpc) is 2.25. The Labute approximate surface area is 112 Å². The second-order valence-corrected chi connectivity index (χ2v) is 4.41. The van der Waals surface area contributed by atoms with Crippen LogP contribution in [-0.4, -0.2) is 18.5 Å². The molecule has 5 nitrogen and oxygen atoms in total. The lowest BCUT2D eigenvalue weighted by molar-refractivity contribution is 0.880. The third kappa shape index (κ3) is 3.63. The van der Waals surface area contributed by atoms with Crippen molar-refractivity contribution >= 4 is 29.2 Å². The lowest BCUT2D eigenvalue weighted by Crippen LogP contribution is -2.46. The Bertz CT molecular complexity index is 458. The van der Waals surface area contributed by atoms with Crippen molar-refractivity contribution in [3.05, 3.63) is 28.8 Å². The molecule has 98 valence electrons. The molecule has 0 saturated carbocycles. The average molecular weight is 268 g/mol. The van der Waals surface area contributed by atoms with Crippen molar-refractivity contribution in [3.8, 4) is 0 Å². The Kier molecular flexibility index (Phi) is 4.97. The summed E-state index contributed by atoms with van der Waals surface area (Å²) in [6, 6.07) is 5.50. The summed E-state index contributed by atoms with van der Waals surface area (Å²) in [4.78, 5) is 1.77. The molecular formula is C12H18ClN5. The molecule has 1 rings (SSSR count). The zero-order valence-electron chi connectivity index (χ0n) is 10.5. The molecule has 5 N–H and O–H groups in total. The summed E-state index contributed by atoms with van der Waals surface area (Å²) in [7, 11) is 0. The maximum atomic E-state index is 7.93. The molecule has 1 aromatic carbocycles. The molecular weight excluding hydrogens is 250 g/mol. The van der Waals surface area contributed by atoms with E-state index in [4.69, 9.17) is 28.2 Å². The fourth-order valence-electron chi connectivity index (χ4n) is 1.69. The Hall–Kier alpha value is -1.75. The van der Waals surface area contributed by atoms with E-state index in [1.807, 2.05) is 26.0 Å². The van der Waals surface area contributed by atoms with E-state index in [9.17, 15) is 0 Å². The minimum Gasteiger partial charge on any atom is -0.370 e. The number of guanidine groups is 2. The van der Waals surface area contributed by atoms with E-state index in [1.165, 1.54) is 0 Å². The first-order valence-corrected chi connectivity index (χ1v) is 6.06. The van der Waals surface area contributed by atoms with Gasteiger partial charge in [0, 0.05) is 17.3 Å². The van der Waals surface area contributed by atoms with Gasteiger partial charge >= 0.3 is 0 Å². The highest BCUT2D eigenvalue weighted by Crippen LogP contribution is 2.23. The molecule has 0 aromatic heterocycles. The van der Waals surface area contributed by atoms with Gasteiger partial charge in [0.15, 0.2) is 5.96 Å². The van der Waals surface area contributed by atoms with E-state index in [0.29, 0.717) is 11.6 Å². The quantitative estimate of drug-likeness (QED) is 0.500. The summed E-state index contributed by atoms with van der Waals surface area (Å²) in [6.07, 6.45) is 0.879. The van der Waals surface area contributed by atoms with Crippen LogP contribution in [0.3, 0.4) is 0 Å². The number of nitrogens with one attached hydrogen (secondary N) is 3. The second-order valence-electron chi connectivity index (χ2n) is 3.97. The van der Waals surface area contributed by atoms with Gasteiger partial charge in [-0.15, -0.1) is 0 Å². The highest BCUT2D eigenvalue weighted by molar-refractivity contribution is 6.30. The van der Waals surface area contributed by atoms with Crippen molar-refractivity contribution in [1.29, 1.82) is 10.8 Å². The summed E-state index contributed by atoms with van der Waals surface area (Å²) in [5, 5.41) is 18.3. The molecule has 0 fully saturated rings. The van der Waals surface area contributed by atoms with Gasteiger partial charge in [-0.05, 0) is 37.1 Å². The lowest BCUT2D eigenvalue weighted by Gasteiger charge is -2.26. The fraction of sp³-hybridized carbons (Fsp3) is 0.333. The van der Waals surface area contributed by atoms with Crippen molar-refractivity contribution in [2.45, 2.75) is 20.3 Å². The summed E-state index contributed by atoms with van der Waals surface area (Å²) in [6.45, 7) is 4.63. The number of aryl methyl sites for hydroxylation is 1. The minimum absolute atomic E-state index is 0.0924. The van der Waals surface area contributed by atoms with Crippen molar-refractivity contribution in [2.24, 2.45) is 5.73 Å². The Morgan fingerprint density at radius 2 is 2.11 bits per heavy atom. The van der Waals surface area contributed by atoms with E-state index in [-0.39, 0.29) is 11.9 Å². The molecule has 0 spiro atoms. The molecule has 0 heterocycles. The van der Waals surface area contributed by atoms with Gasteiger partial charge in [0.2, 0.25) is 5.96 Å². The lowest BCUT2D eigenvalue weighted by atomic mass is 10.2. The van der Waals surface area contributed by atoms with Crippen molar-refractivity contribution in [3.63, 3.8) is 0 Å². The van der Waals surface area contributed by atoms with Gasteiger partial charge in [-0.3, -0.25) is 16.1 Å². The van der Waals surface area contributed by atoms with Crippen LogP contribution in [0.1, 0.15) is 18.9 Å². The van der Waals surface area contributed by atoms with Crippen molar-refractivity contribution in [2.75, 3.05) is 11.4 Å². The van der Waals surface area contributed by atoms with Gasteiger partial charge < -0.3 is 10.6 Å². The van der Waals surface area contributed by atoms with Crippen LogP contribution in [0.2, 0.25) is 5.02 Å². The van der Waals surface area contributed by atoms with Crippen LogP contribution in [-0.2, 0) is 0 Å². The number of hydrogen-bond acceptors (Lipinski definition) is 2. The summed E-state index contributed by atoms with van der Waals surface area (Å²) < 4.78 is 0. The van der Waals surface area contributed by atoms with Crippen LogP contribution in [0, 0.1) is 17.7 Å². The predicted octanol–water partition coefficient (Wildman–Crippen LogP) is 2.28. The molecule has 0 atom stereocenters. The van der Waals surface area contributed by atoms with Crippen LogP contribution in [0.4, 0.5) is 5.69 Å². The molecule has 0 saturated heterocycles. The van der Waals surface area contributed by atoms with E-state index in [0.717, 1.165) is 17.7 Å². The molecule has 0 aliphatic carbocycles. The summed E-state index contributed by atoms with van der Waals surface area (Å²) in [5.41, 5.74) is 7.12. The maximum absolute atomic E-state index is 7.93. The Morgan fingerprint density at radius 3 is 2.61 bits per heavy atom. The van der Waals surface area contributed by atoms with E-state index in [1.54, 1.807) is 11.0 Å². The maximum Gasteiger partial charge on any atom is 0.202 e. The van der Waals surface area contributed by atoms with E-state index in [2.05, 4.69) is 5.32 Å². The van der Waals surface area contributed by atoms with Crippen LogP contribution in [0.5, 0.6) is 0 Å². The highest BCUT2D eigenvalue weighted by Gasteiger charge is 2.14. The molecule has 6 heteroatoms.